The average molecular weight is 361 g/mol. The molecule has 0 fully saturated rings. The van der Waals surface area contributed by atoms with Crippen LogP contribution >= 0.6 is 0 Å². The first-order valence-electron chi connectivity index (χ1n) is 8.62. The second kappa shape index (κ2) is 7.74. The summed E-state index contributed by atoms with van der Waals surface area (Å²) in [6.07, 6.45) is 7.60. The molecule has 0 amide bonds. The van der Waals surface area contributed by atoms with Crippen LogP contribution in [0.25, 0.3) is 5.70 Å². The van der Waals surface area contributed by atoms with Crippen molar-refractivity contribution in [2.45, 2.75) is 20.3 Å². The van der Waals surface area contributed by atoms with Crippen molar-refractivity contribution in [3.63, 3.8) is 0 Å². The summed E-state index contributed by atoms with van der Waals surface area (Å²) in [5, 5.41) is 21.5. The van der Waals surface area contributed by atoms with Gasteiger partial charge in [-0.2, -0.15) is 5.10 Å². The lowest BCUT2D eigenvalue weighted by Crippen LogP contribution is -2.25. The fraction of sp³-hybridized carbons (Fsp3) is 0.150. The Labute approximate surface area is 158 Å². The van der Waals surface area contributed by atoms with Crippen molar-refractivity contribution in [3.05, 3.63) is 84.1 Å². The predicted octanol–water partition coefficient (Wildman–Crippen LogP) is 3.47. The molecule has 0 saturated heterocycles. The van der Waals surface area contributed by atoms with Gasteiger partial charge in [0.1, 0.15) is 5.82 Å². The number of aromatic amines is 1. The van der Waals surface area contributed by atoms with Crippen LogP contribution in [0.15, 0.2) is 62.0 Å². The topological polar surface area (TPSA) is 94.4 Å². The lowest BCUT2D eigenvalue weighted by molar-refractivity contribution is 0.920. The van der Waals surface area contributed by atoms with Crippen molar-refractivity contribution in [3.8, 4) is 0 Å². The summed E-state index contributed by atoms with van der Waals surface area (Å²) in [6.45, 7) is 12.2. The zero-order valence-electron chi connectivity index (χ0n) is 15.5. The standard InChI is InChI=1S/C20H23N7/c1-5-16-7-6-13(2)10-18(16)25-15(4)26-20-19(21)27(9-8-22-20)14(3)17-11-23-24-12-17/h6-12,21,25H,3-5H2,1-2H3,(H,22,26)(H,23,24). The van der Waals surface area contributed by atoms with Crippen LogP contribution in [0.5, 0.6) is 0 Å². The highest BCUT2D eigenvalue weighted by atomic mass is 15.2. The van der Waals surface area contributed by atoms with Crippen LogP contribution in [0.2, 0.25) is 0 Å². The number of aryl methyl sites for hydroxylation is 2. The van der Waals surface area contributed by atoms with Gasteiger partial charge in [-0.15, -0.1) is 0 Å². The van der Waals surface area contributed by atoms with Crippen LogP contribution in [-0.4, -0.2) is 19.7 Å². The van der Waals surface area contributed by atoms with Gasteiger partial charge in [0, 0.05) is 29.8 Å². The highest BCUT2D eigenvalue weighted by Crippen LogP contribution is 2.20. The maximum Gasteiger partial charge on any atom is 0.175 e. The number of hydrogen-bond acceptors (Lipinski definition) is 5. The first-order valence-corrected chi connectivity index (χ1v) is 8.62. The molecule has 2 heterocycles. The average Bonchev–Trinajstić information content (AvgIpc) is 3.18. The normalized spacial score (nSPS) is 10.4. The van der Waals surface area contributed by atoms with E-state index in [1.165, 1.54) is 5.56 Å². The van der Waals surface area contributed by atoms with Gasteiger partial charge >= 0.3 is 0 Å². The third kappa shape index (κ3) is 3.98. The van der Waals surface area contributed by atoms with Crippen molar-refractivity contribution in [1.29, 1.82) is 5.41 Å². The molecule has 0 aliphatic heterocycles. The van der Waals surface area contributed by atoms with E-state index in [-0.39, 0.29) is 5.49 Å². The summed E-state index contributed by atoms with van der Waals surface area (Å²) in [7, 11) is 0. The summed E-state index contributed by atoms with van der Waals surface area (Å²) in [5.41, 5.74) is 4.95. The molecular formula is C20H23N7. The fourth-order valence-corrected chi connectivity index (χ4v) is 2.74. The molecular weight excluding hydrogens is 338 g/mol. The number of H-pyrrole nitrogens is 1. The Hall–Kier alpha value is -3.61. The van der Waals surface area contributed by atoms with E-state index < -0.39 is 0 Å². The molecule has 3 rings (SSSR count). The van der Waals surface area contributed by atoms with Crippen LogP contribution in [0.3, 0.4) is 0 Å². The fourth-order valence-electron chi connectivity index (χ4n) is 2.74. The Bertz CT molecular complexity index is 1030. The van der Waals surface area contributed by atoms with Gasteiger partial charge in [0.15, 0.2) is 11.3 Å². The number of benzene rings is 1. The van der Waals surface area contributed by atoms with Gasteiger partial charge in [-0.25, -0.2) is 4.98 Å². The van der Waals surface area contributed by atoms with Gasteiger partial charge < -0.3 is 10.6 Å². The maximum absolute atomic E-state index is 8.44. The van der Waals surface area contributed by atoms with E-state index >= 15 is 0 Å². The number of nitrogens with one attached hydrogen (secondary N) is 4. The van der Waals surface area contributed by atoms with E-state index in [9.17, 15) is 0 Å². The van der Waals surface area contributed by atoms with E-state index in [2.05, 4.69) is 64.1 Å². The molecule has 7 heteroatoms. The summed E-state index contributed by atoms with van der Waals surface area (Å²) < 4.78 is 1.64. The number of hydrogen-bond donors (Lipinski definition) is 4. The lowest BCUT2D eigenvalue weighted by atomic mass is 10.1. The molecule has 0 spiro atoms. The van der Waals surface area contributed by atoms with Crippen LogP contribution in [0.4, 0.5) is 11.5 Å². The SMILES string of the molecule is C=C(Nc1cc(C)ccc1CC)Nc1nccn(C(=C)c2cn[nH]c2)c1=N. The molecule has 2 aromatic heterocycles. The van der Waals surface area contributed by atoms with Crippen molar-refractivity contribution in [2.24, 2.45) is 0 Å². The lowest BCUT2D eigenvalue weighted by Gasteiger charge is -2.16. The Kier molecular flexibility index (Phi) is 5.21. The van der Waals surface area contributed by atoms with Gasteiger partial charge in [-0.05, 0) is 30.5 Å². The first-order chi connectivity index (χ1) is 13.0. The molecule has 0 unspecified atom stereocenters. The second-order valence-corrected chi connectivity index (χ2v) is 6.17. The molecule has 1 aromatic carbocycles. The van der Waals surface area contributed by atoms with Crippen molar-refractivity contribution in [2.75, 3.05) is 10.6 Å². The van der Waals surface area contributed by atoms with E-state index in [4.69, 9.17) is 5.41 Å². The van der Waals surface area contributed by atoms with Gasteiger partial charge in [0.05, 0.1) is 11.9 Å². The van der Waals surface area contributed by atoms with Crippen LogP contribution < -0.4 is 16.1 Å². The van der Waals surface area contributed by atoms with Crippen molar-refractivity contribution in [1.82, 2.24) is 19.7 Å². The van der Waals surface area contributed by atoms with E-state index in [1.54, 1.807) is 29.4 Å². The minimum atomic E-state index is 0.173. The molecule has 0 radical (unpaired) electrons. The number of anilines is 2. The summed E-state index contributed by atoms with van der Waals surface area (Å²) >= 11 is 0. The van der Waals surface area contributed by atoms with Crippen LogP contribution in [-0.2, 0) is 6.42 Å². The van der Waals surface area contributed by atoms with Gasteiger partial charge in [-0.3, -0.25) is 15.1 Å². The predicted molar refractivity (Wildman–Crippen MR) is 108 cm³/mol. The zero-order chi connectivity index (χ0) is 19.4. The molecule has 3 aromatic rings. The van der Waals surface area contributed by atoms with Gasteiger partial charge in [0.2, 0.25) is 0 Å². The van der Waals surface area contributed by atoms with E-state index in [1.807, 2.05) is 6.92 Å². The van der Waals surface area contributed by atoms with Crippen molar-refractivity contribution >= 4 is 17.2 Å². The molecule has 0 atom stereocenters. The molecule has 138 valence electrons. The highest BCUT2D eigenvalue weighted by molar-refractivity contribution is 5.63. The number of aromatic nitrogens is 4. The molecule has 4 N–H and O–H groups in total. The molecule has 0 aliphatic carbocycles. The largest absolute Gasteiger partial charge is 0.342 e. The Balaban J connectivity index is 1.81. The van der Waals surface area contributed by atoms with Crippen molar-refractivity contribution < 1.29 is 0 Å². The van der Waals surface area contributed by atoms with Gasteiger partial charge in [-0.1, -0.05) is 32.2 Å². The first kappa shape index (κ1) is 18.2. The smallest absolute Gasteiger partial charge is 0.175 e. The maximum atomic E-state index is 8.44. The molecule has 7 nitrogen and oxygen atoms in total. The third-order valence-electron chi connectivity index (χ3n) is 4.21. The second-order valence-electron chi connectivity index (χ2n) is 6.17. The Morgan fingerprint density at radius 1 is 1.30 bits per heavy atom. The minimum absolute atomic E-state index is 0.173. The highest BCUT2D eigenvalue weighted by Gasteiger charge is 2.09. The number of rotatable bonds is 7. The number of nitrogens with zero attached hydrogens (tertiary/aromatic N) is 3. The zero-order valence-corrected chi connectivity index (χ0v) is 15.5. The molecule has 27 heavy (non-hydrogen) atoms. The summed E-state index contributed by atoms with van der Waals surface area (Å²) in [6, 6.07) is 6.27. The Morgan fingerprint density at radius 2 is 2.11 bits per heavy atom. The van der Waals surface area contributed by atoms with E-state index in [0.29, 0.717) is 17.3 Å². The van der Waals surface area contributed by atoms with E-state index in [0.717, 1.165) is 23.2 Å². The molecule has 0 saturated carbocycles. The van der Waals surface area contributed by atoms with Crippen LogP contribution in [0.1, 0.15) is 23.6 Å². The molecule has 0 aliphatic rings. The van der Waals surface area contributed by atoms with Gasteiger partial charge in [0.25, 0.3) is 0 Å². The molecule has 0 bridgehead atoms. The Morgan fingerprint density at radius 3 is 2.81 bits per heavy atom. The minimum Gasteiger partial charge on any atom is -0.342 e. The quantitative estimate of drug-likeness (QED) is 0.518. The third-order valence-corrected chi connectivity index (χ3v) is 4.21. The summed E-state index contributed by atoms with van der Waals surface area (Å²) in [4.78, 5) is 4.26. The monoisotopic (exact) mass is 361 g/mol. The summed E-state index contributed by atoms with van der Waals surface area (Å²) in [5.74, 6) is 0.924. The van der Waals surface area contributed by atoms with Crippen LogP contribution in [0, 0.1) is 12.3 Å².